The van der Waals surface area contributed by atoms with Crippen molar-refractivity contribution in [2.24, 2.45) is 5.16 Å². The van der Waals surface area contributed by atoms with Crippen LogP contribution in [0.15, 0.2) is 78.0 Å². The zero-order chi connectivity index (χ0) is 30.2. The number of aryl methyl sites for hydroxylation is 1. The van der Waals surface area contributed by atoms with Gasteiger partial charge in [-0.2, -0.15) is 5.26 Å². The van der Waals surface area contributed by atoms with E-state index in [1.807, 2.05) is 79.7 Å². The van der Waals surface area contributed by atoms with Crippen LogP contribution < -0.4 is 0 Å². The molecule has 0 N–H and O–H groups in total. The predicted molar refractivity (Wildman–Crippen MR) is 167 cm³/mol. The molecule has 214 valence electrons. The van der Waals surface area contributed by atoms with Gasteiger partial charge in [0, 0.05) is 57.5 Å². The van der Waals surface area contributed by atoms with Gasteiger partial charge in [0.25, 0.3) is 0 Å². The molecule has 0 unspecified atom stereocenters. The Hall–Kier alpha value is -5.29. The number of oxime groups is 1. The molecule has 1 aliphatic rings. The number of likely N-dealkylation sites (tertiary alicyclic amines) is 1. The van der Waals surface area contributed by atoms with Crippen molar-refractivity contribution < 1.29 is 19.2 Å². The fourth-order valence-corrected chi connectivity index (χ4v) is 6.04. The number of carbonyl (C=O) groups excluding carboxylic acids is 3. The van der Waals surface area contributed by atoms with Crippen LogP contribution in [0.1, 0.15) is 64.6 Å². The third-order valence-corrected chi connectivity index (χ3v) is 8.12. The zero-order valence-corrected chi connectivity index (χ0v) is 24.3. The van der Waals surface area contributed by atoms with Gasteiger partial charge in [-0.1, -0.05) is 53.7 Å². The summed E-state index contributed by atoms with van der Waals surface area (Å²) in [4.78, 5) is 46.3. The minimum absolute atomic E-state index is 0.0732. The third kappa shape index (κ3) is 4.83. The minimum Gasteiger partial charge on any atom is -0.337 e. The third-order valence-electron chi connectivity index (χ3n) is 8.12. The van der Waals surface area contributed by atoms with Crippen LogP contribution in [0.4, 0.5) is 4.79 Å². The number of ketones is 2. The summed E-state index contributed by atoms with van der Waals surface area (Å²) < 4.78 is 2.21. The van der Waals surface area contributed by atoms with E-state index in [0.29, 0.717) is 29.6 Å². The number of hydrogen-bond donors (Lipinski definition) is 0. The smallest absolute Gasteiger partial charge is 0.337 e. The van der Waals surface area contributed by atoms with Crippen molar-refractivity contribution >= 4 is 55.9 Å². The molecule has 0 saturated carbocycles. The SMILES string of the molecule is Cc1ccccc1C(=O)c1ccc2c(c1)c1cc(C(=O)/C(C#N)=N/OC(=O)N3CCCC3)c3ccccc3c1n2C(C)C. The van der Waals surface area contributed by atoms with Gasteiger partial charge >= 0.3 is 6.09 Å². The van der Waals surface area contributed by atoms with Crippen LogP contribution in [0, 0.1) is 18.3 Å². The first-order valence-corrected chi connectivity index (χ1v) is 14.4. The Bertz CT molecular complexity index is 2020. The summed E-state index contributed by atoms with van der Waals surface area (Å²) in [5.41, 5.74) is 3.67. The van der Waals surface area contributed by atoms with Crippen molar-refractivity contribution in [2.45, 2.75) is 39.7 Å². The molecule has 8 heteroatoms. The lowest BCUT2D eigenvalue weighted by Crippen LogP contribution is -2.27. The summed E-state index contributed by atoms with van der Waals surface area (Å²) in [5, 5.41) is 16.6. The fraction of sp³-hybridized carbons (Fsp3) is 0.229. The average molecular weight is 571 g/mol. The van der Waals surface area contributed by atoms with Crippen LogP contribution in [0.25, 0.3) is 32.6 Å². The molecule has 8 nitrogen and oxygen atoms in total. The second kappa shape index (κ2) is 11.2. The number of amides is 1. The van der Waals surface area contributed by atoms with Crippen LogP contribution in [0.3, 0.4) is 0 Å². The first-order chi connectivity index (χ1) is 20.8. The van der Waals surface area contributed by atoms with Crippen LogP contribution in [0.2, 0.25) is 0 Å². The molecule has 0 atom stereocenters. The molecule has 4 aromatic carbocycles. The van der Waals surface area contributed by atoms with Crippen molar-refractivity contribution in [3.8, 4) is 6.07 Å². The number of carbonyl (C=O) groups is 3. The number of Topliss-reactive ketones (excluding diaryl/α,β-unsaturated/α-hetero) is 1. The van der Waals surface area contributed by atoms with Gasteiger partial charge in [0.2, 0.25) is 11.5 Å². The Morgan fingerprint density at radius 3 is 2.26 bits per heavy atom. The Labute approximate surface area is 248 Å². The molecule has 1 fully saturated rings. The number of hydrogen-bond acceptors (Lipinski definition) is 6. The van der Waals surface area contributed by atoms with Crippen LogP contribution >= 0.6 is 0 Å². The lowest BCUT2D eigenvalue weighted by atomic mass is 9.94. The van der Waals surface area contributed by atoms with Gasteiger partial charge in [-0.05, 0) is 68.8 Å². The van der Waals surface area contributed by atoms with Gasteiger partial charge in [0.05, 0.1) is 5.52 Å². The molecule has 0 radical (unpaired) electrons. The average Bonchev–Trinajstić information content (AvgIpc) is 3.67. The number of nitrogens with zero attached hydrogens (tertiary/aromatic N) is 4. The van der Waals surface area contributed by atoms with E-state index in [2.05, 4.69) is 23.6 Å². The second-order valence-corrected chi connectivity index (χ2v) is 11.1. The summed E-state index contributed by atoms with van der Waals surface area (Å²) in [7, 11) is 0. The molecule has 43 heavy (non-hydrogen) atoms. The molecule has 0 aliphatic carbocycles. The maximum atomic E-state index is 13.8. The molecule has 1 aliphatic heterocycles. The van der Waals surface area contributed by atoms with E-state index in [4.69, 9.17) is 4.84 Å². The highest BCUT2D eigenvalue weighted by molar-refractivity contribution is 6.53. The molecular weight excluding hydrogens is 540 g/mol. The second-order valence-electron chi connectivity index (χ2n) is 11.1. The first-order valence-electron chi connectivity index (χ1n) is 14.4. The molecule has 1 aromatic heterocycles. The maximum absolute atomic E-state index is 13.8. The van der Waals surface area contributed by atoms with E-state index in [1.165, 1.54) is 4.90 Å². The Kier molecular flexibility index (Phi) is 7.24. The standard InChI is InChI=1S/C35H30N4O4/c1-21(2)39-31-15-14-23(33(40)24-11-5-4-10-22(24)3)18-27(31)28-19-29(25-12-6-7-13-26(25)32(28)39)34(41)30(20-36)37-43-35(42)38-16-8-9-17-38/h4-7,10-15,18-19,21H,8-9,16-17H2,1-3H3/b37-30+. The zero-order valence-electron chi connectivity index (χ0n) is 24.3. The van der Waals surface area contributed by atoms with Crippen molar-refractivity contribution in [3.63, 3.8) is 0 Å². The monoisotopic (exact) mass is 570 g/mol. The topological polar surface area (TPSA) is 105 Å². The Balaban J connectivity index is 1.54. The number of nitriles is 1. The molecule has 0 spiro atoms. The van der Waals surface area contributed by atoms with E-state index in [9.17, 15) is 19.6 Å². The Morgan fingerprint density at radius 2 is 1.56 bits per heavy atom. The van der Waals surface area contributed by atoms with Gasteiger partial charge in [-0.15, -0.1) is 0 Å². The molecule has 5 aromatic rings. The quantitative estimate of drug-likeness (QED) is 0.0918. The fourth-order valence-electron chi connectivity index (χ4n) is 6.04. The van der Waals surface area contributed by atoms with Gasteiger partial charge in [-0.3, -0.25) is 14.4 Å². The largest absolute Gasteiger partial charge is 0.436 e. The maximum Gasteiger partial charge on any atom is 0.436 e. The van der Waals surface area contributed by atoms with E-state index in [1.54, 1.807) is 6.07 Å². The van der Waals surface area contributed by atoms with Crippen molar-refractivity contribution in [3.05, 3.63) is 95.1 Å². The van der Waals surface area contributed by atoms with Gasteiger partial charge < -0.3 is 9.47 Å². The van der Waals surface area contributed by atoms with E-state index < -0.39 is 17.6 Å². The van der Waals surface area contributed by atoms with Crippen molar-refractivity contribution in [1.82, 2.24) is 9.47 Å². The highest BCUT2D eigenvalue weighted by Crippen LogP contribution is 2.39. The van der Waals surface area contributed by atoms with E-state index >= 15 is 0 Å². The first kappa shape index (κ1) is 27.9. The van der Waals surface area contributed by atoms with E-state index in [-0.39, 0.29) is 17.4 Å². The number of rotatable bonds is 6. The molecule has 2 heterocycles. The van der Waals surface area contributed by atoms with Gasteiger partial charge in [0.15, 0.2) is 5.78 Å². The van der Waals surface area contributed by atoms with E-state index in [0.717, 1.165) is 45.6 Å². The van der Waals surface area contributed by atoms with Gasteiger partial charge in [0.1, 0.15) is 6.07 Å². The van der Waals surface area contributed by atoms with Crippen molar-refractivity contribution in [2.75, 3.05) is 13.1 Å². The summed E-state index contributed by atoms with van der Waals surface area (Å²) in [6, 6.07) is 24.4. The molecule has 1 saturated heterocycles. The van der Waals surface area contributed by atoms with Crippen LogP contribution in [-0.4, -0.2) is 45.9 Å². The molecule has 6 rings (SSSR count). The predicted octanol–water partition coefficient (Wildman–Crippen LogP) is 7.36. The van der Waals surface area contributed by atoms with Crippen LogP contribution in [-0.2, 0) is 4.84 Å². The summed E-state index contributed by atoms with van der Waals surface area (Å²) >= 11 is 0. The number of aromatic nitrogens is 1. The summed E-state index contributed by atoms with van der Waals surface area (Å²) in [5.74, 6) is -0.728. The normalized spacial score (nSPS) is 13.7. The number of benzene rings is 4. The highest BCUT2D eigenvalue weighted by atomic mass is 16.7. The van der Waals surface area contributed by atoms with Gasteiger partial charge in [-0.25, -0.2) is 4.79 Å². The Morgan fingerprint density at radius 1 is 0.860 bits per heavy atom. The lowest BCUT2D eigenvalue weighted by molar-refractivity contribution is 0.103. The summed E-state index contributed by atoms with van der Waals surface area (Å²) in [6.45, 7) is 7.21. The molecule has 0 bridgehead atoms. The molecular formula is C35H30N4O4. The summed E-state index contributed by atoms with van der Waals surface area (Å²) in [6.07, 6.45) is 1.07. The highest BCUT2D eigenvalue weighted by Gasteiger charge is 2.25. The van der Waals surface area contributed by atoms with Crippen molar-refractivity contribution in [1.29, 1.82) is 5.26 Å². The van der Waals surface area contributed by atoms with Crippen LogP contribution in [0.5, 0.6) is 0 Å². The minimum atomic E-state index is -0.677. The number of fused-ring (bicyclic) bond motifs is 5. The lowest BCUT2D eigenvalue weighted by Gasteiger charge is -2.14. The molecule has 1 amide bonds.